The Morgan fingerprint density at radius 2 is 1.89 bits per heavy atom. The second kappa shape index (κ2) is 5.31. The van der Waals surface area contributed by atoms with E-state index in [1.165, 1.54) is 0 Å². The fourth-order valence-corrected chi connectivity index (χ4v) is 2.00. The van der Waals surface area contributed by atoms with Crippen LogP contribution in [0.3, 0.4) is 0 Å². The van der Waals surface area contributed by atoms with Crippen molar-refractivity contribution >= 4 is 27.7 Å². The number of halogens is 1. The minimum atomic E-state index is -0.137. The second-order valence-electron chi connectivity index (χ2n) is 4.05. The molecule has 0 radical (unpaired) electrons. The van der Waals surface area contributed by atoms with Crippen molar-refractivity contribution in [1.29, 1.82) is 0 Å². The van der Waals surface area contributed by atoms with Crippen LogP contribution in [0.25, 0.3) is 0 Å². The lowest BCUT2D eigenvalue weighted by Crippen LogP contribution is -2.14. The maximum absolute atomic E-state index is 12.1. The molecule has 0 saturated carbocycles. The third-order valence-corrected chi connectivity index (χ3v) is 3.25. The van der Waals surface area contributed by atoms with Crippen LogP contribution in [0, 0.1) is 13.8 Å². The first kappa shape index (κ1) is 12.8. The Bertz CT molecular complexity index is 596. The Labute approximate surface area is 114 Å². The van der Waals surface area contributed by atoms with Gasteiger partial charge in [-0.25, -0.2) is 4.98 Å². The maximum atomic E-state index is 12.1. The van der Waals surface area contributed by atoms with Gasteiger partial charge in [0.05, 0.1) is 0 Å². The van der Waals surface area contributed by atoms with Crippen molar-refractivity contribution in [2.24, 2.45) is 0 Å². The Morgan fingerprint density at radius 3 is 2.61 bits per heavy atom. The van der Waals surface area contributed by atoms with E-state index in [9.17, 15) is 4.79 Å². The molecule has 0 aliphatic rings. The summed E-state index contributed by atoms with van der Waals surface area (Å²) >= 11 is 3.27. The second-order valence-corrected chi connectivity index (χ2v) is 4.86. The summed E-state index contributed by atoms with van der Waals surface area (Å²) in [4.78, 5) is 16.3. The largest absolute Gasteiger partial charge is 0.307 e. The molecule has 2 rings (SSSR count). The van der Waals surface area contributed by atoms with Gasteiger partial charge in [-0.2, -0.15) is 0 Å². The molecule has 1 N–H and O–H groups in total. The average Bonchev–Trinajstić information content (AvgIpc) is 2.32. The lowest BCUT2D eigenvalue weighted by Gasteiger charge is -2.09. The van der Waals surface area contributed by atoms with Gasteiger partial charge in [0.1, 0.15) is 10.4 Å². The monoisotopic (exact) mass is 304 g/mol. The average molecular weight is 305 g/mol. The van der Waals surface area contributed by atoms with Crippen molar-refractivity contribution in [1.82, 2.24) is 4.98 Å². The SMILES string of the molecule is Cc1cccc(C(=O)Nc2cccc(Br)n2)c1C. The molecule has 0 bridgehead atoms. The molecular weight excluding hydrogens is 292 g/mol. The third kappa shape index (κ3) is 2.76. The van der Waals surface area contributed by atoms with E-state index in [0.717, 1.165) is 11.1 Å². The first-order valence-corrected chi connectivity index (χ1v) is 6.37. The lowest BCUT2D eigenvalue weighted by molar-refractivity contribution is 0.102. The molecule has 0 saturated heterocycles. The molecule has 1 aromatic heterocycles. The number of nitrogens with one attached hydrogen (secondary N) is 1. The summed E-state index contributed by atoms with van der Waals surface area (Å²) in [5.41, 5.74) is 2.77. The summed E-state index contributed by atoms with van der Waals surface area (Å²) in [6.45, 7) is 3.93. The van der Waals surface area contributed by atoms with E-state index in [1.807, 2.05) is 44.2 Å². The van der Waals surface area contributed by atoms with Gasteiger partial charge >= 0.3 is 0 Å². The van der Waals surface area contributed by atoms with Crippen molar-refractivity contribution in [3.8, 4) is 0 Å². The summed E-state index contributed by atoms with van der Waals surface area (Å²) in [6.07, 6.45) is 0. The Balaban J connectivity index is 2.25. The zero-order chi connectivity index (χ0) is 13.1. The topological polar surface area (TPSA) is 42.0 Å². The van der Waals surface area contributed by atoms with Gasteiger partial charge < -0.3 is 5.32 Å². The Hall–Kier alpha value is -1.68. The summed E-state index contributed by atoms with van der Waals surface area (Å²) < 4.78 is 0.696. The lowest BCUT2D eigenvalue weighted by atomic mass is 10.0. The molecule has 0 spiro atoms. The number of benzene rings is 1. The van der Waals surface area contributed by atoms with Gasteiger partial charge in [0.25, 0.3) is 5.91 Å². The van der Waals surface area contributed by atoms with E-state index < -0.39 is 0 Å². The van der Waals surface area contributed by atoms with E-state index in [1.54, 1.807) is 6.07 Å². The van der Waals surface area contributed by atoms with Crippen LogP contribution in [0.15, 0.2) is 41.0 Å². The van der Waals surface area contributed by atoms with Crippen molar-refractivity contribution < 1.29 is 4.79 Å². The minimum Gasteiger partial charge on any atom is -0.307 e. The zero-order valence-electron chi connectivity index (χ0n) is 10.2. The molecule has 18 heavy (non-hydrogen) atoms. The number of amides is 1. The molecule has 3 nitrogen and oxygen atoms in total. The molecule has 1 amide bonds. The van der Waals surface area contributed by atoms with Gasteiger partial charge in [0.2, 0.25) is 0 Å². The number of nitrogens with zero attached hydrogens (tertiary/aromatic N) is 1. The minimum absolute atomic E-state index is 0.137. The van der Waals surface area contributed by atoms with E-state index in [0.29, 0.717) is 16.0 Å². The molecular formula is C14H13BrN2O. The van der Waals surface area contributed by atoms with Crippen molar-refractivity contribution in [3.63, 3.8) is 0 Å². The van der Waals surface area contributed by atoms with Gasteiger partial charge in [-0.15, -0.1) is 0 Å². The normalized spacial score (nSPS) is 10.2. The van der Waals surface area contributed by atoms with Gasteiger partial charge in [-0.05, 0) is 59.1 Å². The third-order valence-electron chi connectivity index (χ3n) is 2.81. The fourth-order valence-electron chi connectivity index (χ4n) is 1.66. The number of anilines is 1. The van der Waals surface area contributed by atoms with Crippen LogP contribution in [-0.4, -0.2) is 10.9 Å². The Kier molecular flexibility index (Phi) is 3.77. The van der Waals surface area contributed by atoms with E-state index >= 15 is 0 Å². The number of rotatable bonds is 2. The summed E-state index contributed by atoms with van der Waals surface area (Å²) in [6, 6.07) is 11.1. The molecule has 4 heteroatoms. The predicted octanol–water partition coefficient (Wildman–Crippen LogP) is 3.71. The van der Waals surface area contributed by atoms with Crippen LogP contribution < -0.4 is 5.32 Å². The highest BCUT2D eigenvalue weighted by molar-refractivity contribution is 9.10. The predicted molar refractivity (Wildman–Crippen MR) is 75.8 cm³/mol. The number of carbonyl (C=O) groups excluding carboxylic acids is 1. The molecule has 1 heterocycles. The van der Waals surface area contributed by atoms with Gasteiger partial charge in [-0.1, -0.05) is 18.2 Å². The van der Waals surface area contributed by atoms with Crippen molar-refractivity contribution in [3.05, 3.63) is 57.7 Å². The number of hydrogen-bond acceptors (Lipinski definition) is 2. The van der Waals surface area contributed by atoms with E-state index in [2.05, 4.69) is 26.2 Å². The first-order valence-electron chi connectivity index (χ1n) is 5.58. The van der Waals surface area contributed by atoms with E-state index in [-0.39, 0.29) is 5.91 Å². The standard InChI is InChI=1S/C14H13BrN2O/c1-9-5-3-6-11(10(9)2)14(18)17-13-8-4-7-12(15)16-13/h3-8H,1-2H3,(H,16,17,18). The summed E-state index contributed by atoms with van der Waals surface area (Å²) in [7, 11) is 0. The molecule has 0 aliphatic carbocycles. The number of aromatic nitrogens is 1. The number of carbonyl (C=O) groups is 1. The molecule has 0 fully saturated rings. The maximum Gasteiger partial charge on any atom is 0.257 e. The Morgan fingerprint density at radius 1 is 1.17 bits per heavy atom. The highest BCUT2D eigenvalue weighted by Crippen LogP contribution is 2.15. The molecule has 92 valence electrons. The number of hydrogen-bond donors (Lipinski definition) is 1. The van der Waals surface area contributed by atoms with Crippen LogP contribution in [0.2, 0.25) is 0 Å². The quantitative estimate of drug-likeness (QED) is 0.859. The van der Waals surface area contributed by atoms with Crippen LogP contribution >= 0.6 is 15.9 Å². The van der Waals surface area contributed by atoms with Crippen molar-refractivity contribution in [2.45, 2.75) is 13.8 Å². The first-order chi connectivity index (χ1) is 8.58. The van der Waals surface area contributed by atoms with Crippen molar-refractivity contribution in [2.75, 3.05) is 5.32 Å². The van der Waals surface area contributed by atoms with Gasteiger partial charge in [0.15, 0.2) is 0 Å². The van der Waals surface area contributed by atoms with Gasteiger partial charge in [-0.3, -0.25) is 4.79 Å². The van der Waals surface area contributed by atoms with E-state index in [4.69, 9.17) is 0 Å². The van der Waals surface area contributed by atoms with Gasteiger partial charge in [0, 0.05) is 5.56 Å². The molecule has 1 aromatic carbocycles. The zero-order valence-corrected chi connectivity index (χ0v) is 11.8. The molecule has 0 aliphatic heterocycles. The van der Waals surface area contributed by atoms with Crippen LogP contribution in [0.1, 0.15) is 21.5 Å². The number of aryl methyl sites for hydroxylation is 1. The summed E-state index contributed by atoms with van der Waals surface area (Å²) in [5, 5.41) is 2.79. The molecule has 0 atom stereocenters. The van der Waals surface area contributed by atoms with Crippen LogP contribution in [0.5, 0.6) is 0 Å². The highest BCUT2D eigenvalue weighted by atomic mass is 79.9. The smallest absolute Gasteiger partial charge is 0.257 e. The fraction of sp³-hybridized carbons (Fsp3) is 0.143. The molecule has 2 aromatic rings. The number of pyridine rings is 1. The molecule has 0 unspecified atom stereocenters. The summed E-state index contributed by atoms with van der Waals surface area (Å²) in [5.74, 6) is 0.400. The van der Waals surface area contributed by atoms with Crippen LogP contribution in [-0.2, 0) is 0 Å². The van der Waals surface area contributed by atoms with Crippen LogP contribution in [0.4, 0.5) is 5.82 Å². The highest BCUT2D eigenvalue weighted by Gasteiger charge is 2.10.